The molecule has 7 nitrogen and oxygen atoms in total. The lowest BCUT2D eigenvalue weighted by atomic mass is 10.0. The quantitative estimate of drug-likeness (QED) is 0.223. The minimum atomic E-state index is -3.89. The van der Waals surface area contributed by atoms with Crippen molar-refractivity contribution in [3.05, 3.63) is 98.5 Å². The Labute approximate surface area is 257 Å². The van der Waals surface area contributed by atoms with E-state index in [1.54, 1.807) is 43.3 Å². The predicted octanol–water partition coefficient (Wildman–Crippen LogP) is 6.28. The van der Waals surface area contributed by atoms with E-state index in [1.165, 1.54) is 4.90 Å². The zero-order valence-corrected chi connectivity index (χ0v) is 26.3. The molecule has 3 aromatic carbocycles. The van der Waals surface area contributed by atoms with Gasteiger partial charge in [0.15, 0.2) is 0 Å². The highest BCUT2D eigenvalue weighted by Gasteiger charge is 2.33. The lowest BCUT2D eigenvalue weighted by Gasteiger charge is -2.34. The smallest absolute Gasteiger partial charge is 0.244 e. The van der Waals surface area contributed by atoms with Gasteiger partial charge in [0.05, 0.1) is 22.0 Å². The van der Waals surface area contributed by atoms with Crippen LogP contribution in [-0.4, -0.2) is 50.5 Å². The van der Waals surface area contributed by atoms with E-state index in [-0.39, 0.29) is 18.9 Å². The normalized spacial score (nSPS) is 12.0. The van der Waals surface area contributed by atoms with Crippen LogP contribution in [0.25, 0.3) is 0 Å². The van der Waals surface area contributed by atoms with Gasteiger partial charge in [-0.3, -0.25) is 13.9 Å². The van der Waals surface area contributed by atoms with Crippen LogP contribution in [-0.2, 0) is 32.6 Å². The van der Waals surface area contributed by atoms with Gasteiger partial charge < -0.3 is 10.2 Å². The number of carbonyl (C=O) groups is 2. The fraction of sp³-hybridized carbons (Fsp3) is 0.333. The fourth-order valence-corrected chi connectivity index (χ4v) is 5.84. The highest BCUT2D eigenvalue weighted by atomic mass is 35.5. The fourth-order valence-electron chi connectivity index (χ4n) is 4.39. The topological polar surface area (TPSA) is 86.8 Å². The summed E-state index contributed by atoms with van der Waals surface area (Å²) >= 11 is 18.5. The van der Waals surface area contributed by atoms with Crippen molar-refractivity contribution in [2.24, 2.45) is 0 Å². The van der Waals surface area contributed by atoms with E-state index in [9.17, 15) is 18.0 Å². The van der Waals surface area contributed by atoms with Gasteiger partial charge in [0.25, 0.3) is 0 Å². The Morgan fingerprint density at radius 2 is 1.63 bits per heavy atom. The van der Waals surface area contributed by atoms with Gasteiger partial charge in [0.2, 0.25) is 21.8 Å². The van der Waals surface area contributed by atoms with Gasteiger partial charge in [-0.05, 0) is 60.4 Å². The summed E-state index contributed by atoms with van der Waals surface area (Å²) in [4.78, 5) is 29.2. The third-order valence-electron chi connectivity index (χ3n) is 6.54. The number of hydrogen-bond donors (Lipinski definition) is 1. The Kier molecular flexibility index (Phi) is 11.9. The van der Waals surface area contributed by atoms with Crippen molar-refractivity contribution < 1.29 is 18.0 Å². The molecule has 0 heterocycles. The Bertz CT molecular complexity index is 1470. The van der Waals surface area contributed by atoms with Crippen LogP contribution in [0.5, 0.6) is 0 Å². The van der Waals surface area contributed by atoms with Crippen LogP contribution in [0, 0.1) is 6.92 Å². The van der Waals surface area contributed by atoms with Crippen molar-refractivity contribution in [3.8, 4) is 0 Å². The van der Waals surface area contributed by atoms with Crippen LogP contribution >= 0.6 is 34.8 Å². The van der Waals surface area contributed by atoms with Crippen molar-refractivity contribution in [1.29, 1.82) is 0 Å². The minimum absolute atomic E-state index is 0.00558. The maximum absolute atomic E-state index is 14.1. The van der Waals surface area contributed by atoms with Crippen LogP contribution in [0.2, 0.25) is 15.1 Å². The summed E-state index contributed by atoms with van der Waals surface area (Å²) < 4.78 is 26.9. The van der Waals surface area contributed by atoms with Crippen LogP contribution < -0.4 is 9.62 Å². The number of sulfonamides is 1. The number of nitrogens with zero attached hydrogens (tertiary/aromatic N) is 2. The second-order valence-electron chi connectivity index (χ2n) is 9.82. The van der Waals surface area contributed by atoms with Gasteiger partial charge >= 0.3 is 0 Å². The number of benzene rings is 3. The first-order valence-electron chi connectivity index (χ1n) is 13.2. The number of carbonyl (C=O) groups excluding carboxylic acids is 2. The van der Waals surface area contributed by atoms with Crippen molar-refractivity contribution in [2.45, 2.75) is 45.7 Å². The molecule has 1 atom stereocenters. The molecule has 11 heteroatoms. The molecule has 0 aliphatic heterocycles. The first-order valence-corrected chi connectivity index (χ1v) is 16.2. The average Bonchev–Trinajstić information content (AvgIpc) is 2.91. The summed E-state index contributed by atoms with van der Waals surface area (Å²) in [5, 5.41) is 4.05. The monoisotopic (exact) mass is 637 g/mol. The van der Waals surface area contributed by atoms with E-state index >= 15 is 0 Å². The van der Waals surface area contributed by atoms with Gasteiger partial charge in [0, 0.05) is 24.5 Å². The third kappa shape index (κ3) is 9.36. The molecule has 41 heavy (non-hydrogen) atoms. The molecule has 0 saturated heterocycles. The van der Waals surface area contributed by atoms with Crippen molar-refractivity contribution >= 4 is 62.3 Å². The molecule has 3 aromatic rings. The van der Waals surface area contributed by atoms with E-state index in [2.05, 4.69) is 5.32 Å². The summed E-state index contributed by atoms with van der Waals surface area (Å²) in [7, 11) is -3.89. The van der Waals surface area contributed by atoms with Crippen LogP contribution in [0.3, 0.4) is 0 Å². The van der Waals surface area contributed by atoms with E-state index in [0.29, 0.717) is 38.4 Å². The Balaban J connectivity index is 2.07. The van der Waals surface area contributed by atoms with Crippen LogP contribution in [0.4, 0.5) is 5.69 Å². The molecular weight excluding hydrogens is 605 g/mol. The first kappa shape index (κ1) is 32.7. The SMILES string of the molecule is CCCCNC(=O)C(Cc1ccccc1)N(Cc1ccc(Cl)c(Cl)c1)C(=O)CN(c1ccc(Cl)cc1C)S(C)(=O)=O. The Morgan fingerprint density at radius 1 is 0.927 bits per heavy atom. The maximum atomic E-state index is 14.1. The second kappa shape index (κ2) is 14.9. The van der Waals surface area contributed by atoms with E-state index in [1.807, 2.05) is 37.3 Å². The molecule has 0 fully saturated rings. The Morgan fingerprint density at radius 3 is 2.24 bits per heavy atom. The number of nitrogens with one attached hydrogen (secondary N) is 1. The zero-order chi connectivity index (χ0) is 30.2. The summed E-state index contributed by atoms with van der Waals surface area (Å²) in [6.07, 6.45) is 2.93. The number of hydrogen-bond acceptors (Lipinski definition) is 4. The second-order valence-corrected chi connectivity index (χ2v) is 13.0. The zero-order valence-electron chi connectivity index (χ0n) is 23.2. The molecule has 0 radical (unpaired) electrons. The first-order chi connectivity index (χ1) is 19.4. The number of amides is 2. The number of unbranched alkanes of at least 4 members (excludes halogenated alkanes) is 1. The number of rotatable bonds is 13. The third-order valence-corrected chi connectivity index (χ3v) is 8.64. The Hall–Kier alpha value is -2.78. The molecule has 0 aliphatic rings. The highest BCUT2D eigenvalue weighted by Crippen LogP contribution is 2.27. The molecule has 1 unspecified atom stereocenters. The molecule has 0 bridgehead atoms. The van der Waals surface area contributed by atoms with Crippen molar-refractivity contribution in [3.63, 3.8) is 0 Å². The van der Waals surface area contributed by atoms with Crippen molar-refractivity contribution in [1.82, 2.24) is 10.2 Å². The highest BCUT2D eigenvalue weighted by molar-refractivity contribution is 7.92. The summed E-state index contributed by atoms with van der Waals surface area (Å²) in [5.41, 5.74) is 2.40. The number of aryl methyl sites for hydroxylation is 1. The number of anilines is 1. The summed E-state index contributed by atoms with van der Waals surface area (Å²) in [5.74, 6) is -0.883. The van der Waals surface area contributed by atoms with E-state index in [4.69, 9.17) is 34.8 Å². The summed E-state index contributed by atoms with van der Waals surface area (Å²) in [6, 6.07) is 18.2. The van der Waals surface area contributed by atoms with Crippen LogP contribution in [0.15, 0.2) is 66.7 Å². The molecule has 220 valence electrons. The largest absolute Gasteiger partial charge is 0.354 e. The molecule has 2 amide bonds. The standard InChI is InChI=1S/C30H34Cl3N3O4S/c1-4-5-15-34-30(38)28(18-22-9-7-6-8-10-22)35(19-23-11-13-25(32)26(33)17-23)29(37)20-36(41(3,39)40)27-14-12-24(31)16-21(27)2/h6-14,16-17,28H,4-5,15,18-20H2,1-3H3,(H,34,38). The van der Waals surface area contributed by atoms with Gasteiger partial charge in [-0.25, -0.2) is 8.42 Å². The van der Waals surface area contributed by atoms with Gasteiger partial charge in [-0.15, -0.1) is 0 Å². The number of halogens is 3. The lowest BCUT2D eigenvalue weighted by Crippen LogP contribution is -2.53. The molecule has 0 spiro atoms. The van der Waals surface area contributed by atoms with Crippen molar-refractivity contribution in [2.75, 3.05) is 23.7 Å². The molecule has 3 rings (SSSR count). The molecule has 0 aliphatic carbocycles. The minimum Gasteiger partial charge on any atom is -0.354 e. The lowest BCUT2D eigenvalue weighted by molar-refractivity contribution is -0.140. The molecule has 1 N–H and O–H groups in total. The van der Waals surface area contributed by atoms with Gasteiger partial charge in [-0.2, -0.15) is 0 Å². The molecular formula is C30H34Cl3N3O4S. The average molecular weight is 639 g/mol. The van der Waals surface area contributed by atoms with E-state index in [0.717, 1.165) is 29.0 Å². The molecule has 0 aromatic heterocycles. The molecule has 0 saturated carbocycles. The summed E-state index contributed by atoms with van der Waals surface area (Å²) in [6.45, 7) is 3.68. The maximum Gasteiger partial charge on any atom is 0.244 e. The van der Waals surface area contributed by atoms with E-state index < -0.39 is 28.5 Å². The predicted molar refractivity (Wildman–Crippen MR) is 167 cm³/mol. The van der Waals surface area contributed by atoms with Gasteiger partial charge in [-0.1, -0.05) is 84.5 Å². The van der Waals surface area contributed by atoms with Gasteiger partial charge in [0.1, 0.15) is 12.6 Å². The van der Waals surface area contributed by atoms with Crippen LogP contribution in [0.1, 0.15) is 36.5 Å².